The molecule has 104 valence electrons. The second-order valence-corrected chi connectivity index (χ2v) is 4.20. The summed E-state index contributed by atoms with van der Waals surface area (Å²) in [5, 5.41) is 10.5. The number of aromatic nitrogens is 1. The van der Waals surface area contributed by atoms with E-state index in [9.17, 15) is 14.9 Å². The van der Waals surface area contributed by atoms with Crippen LogP contribution in [0.15, 0.2) is 48.7 Å². The molecule has 20 heavy (non-hydrogen) atoms. The van der Waals surface area contributed by atoms with Crippen LogP contribution in [0.1, 0.15) is 16.1 Å². The van der Waals surface area contributed by atoms with E-state index in [4.69, 9.17) is 0 Å². The topological polar surface area (TPSA) is 64.1 Å². The van der Waals surface area contributed by atoms with Crippen LogP contribution in [-0.4, -0.2) is 10.7 Å². The monoisotopic (exact) mass is 336 g/mol. The van der Waals surface area contributed by atoms with Crippen molar-refractivity contribution in [3.63, 3.8) is 0 Å². The second kappa shape index (κ2) is 6.91. The molecule has 0 bridgehead atoms. The van der Waals surface area contributed by atoms with Crippen molar-refractivity contribution in [1.29, 1.82) is 0 Å². The van der Waals surface area contributed by atoms with Gasteiger partial charge in [0.15, 0.2) is 11.9 Å². The number of Topliss-reactive ketones (excluding diaryl/α,β-unsaturated/α-hetero) is 1. The summed E-state index contributed by atoms with van der Waals surface area (Å²) in [6.07, 6.45) is 1.83. The normalized spacial score (nSPS) is 9.65. The van der Waals surface area contributed by atoms with Gasteiger partial charge in [0.25, 0.3) is 5.69 Å². The Morgan fingerprint density at radius 2 is 1.85 bits per heavy atom. The molecule has 0 amide bonds. The van der Waals surface area contributed by atoms with Gasteiger partial charge in [-0.15, -0.1) is 0 Å². The first-order valence-corrected chi connectivity index (χ1v) is 5.80. The minimum Gasteiger partial charge on any atom is -1.00 e. The molecule has 0 N–H and O–H groups in total. The number of pyridine rings is 1. The Labute approximate surface area is 126 Å². The van der Waals surface area contributed by atoms with Gasteiger partial charge in [0.2, 0.25) is 12.3 Å². The van der Waals surface area contributed by atoms with Gasteiger partial charge in [-0.1, -0.05) is 6.07 Å². The molecule has 5 nitrogen and oxygen atoms in total. The number of benzene rings is 1. The lowest BCUT2D eigenvalue weighted by Crippen LogP contribution is -3.00. The van der Waals surface area contributed by atoms with E-state index in [1.54, 1.807) is 0 Å². The van der Waals surface area contributed by atoms with Gasteiger partial charge in [0.05, 0.1) is 4.92 Å². The minimum atomic E-state index is -0.482. The van der Waals surface area contributed by atoms with Crippen molar-refractivity contribution in [1.82, 2.24) is 0 Å². The third-order valence-electron chi connectivity index (χ3n) is 2.88. The first-order valence-electron chi connectivity index (χ1n) is 5.80. The summed E-state index contributed by atoms with van der Waals surface area (Å²) in [4.78, 5) is 22.1. The number of ketones is 1. The van der Waals surface area contributed by atoms with E-state index in [0.29, 0.717) is 5.56 Å². The van der Waals surface area contributed by atoms with Crippen LogP contribution in [0, 0.1) is 17.0 Å². The Kier molecular flexibility index (Phi) is 5.52. The van der Waals surface area contributed by atoms with Gasteiger partial charge < -0.3 is 17.0 Å². The molecule has 6 heteroatoms. The van der Waals surface area contributed by atoms with E-state index in [0.717, 1.165) is 5.69 Å². The molecule has 0 fully saturated rings. The van der Waals surface area contributed by atoms with Crippen LogP contribution in [-0.2, 0) is 6.54 Å². The largest absolute Gasteiger partial charge is 1.00 e. The molecule has 0 aliphatic heterocycles. The second-order valence-electron chi connectivity index (χ2n) is 4.20. The molecule has 0 atom stereocenters. The smallest absolute Gasteiger partial charge is 0.269 e. The van der Waals surface area contributed by atoms with Crippen LogP contribution in [0.5, 0.6) is 0 Å². The Bertz CT molecular complexity index is 627. The number of hydrogen-bond donors (Lipinski definition) is 0. The Morgan fingerprint density at radius 1 is 1.20 bits per heavy atom. The van der Waals surface area contributed by atoms with Crippen molar-refractivity contribution in [3.05, 3.63) is 70.0 Å². The maximum atomic E-state index is 12.1. The zero-order valence-electron chi connectivity index (χ0n) is 10.8. The van der Waals surface area contributed by atoms with E-state index in [1.807, 2.05) is 35.9 Å². The first-order chi connectivity index (χ1) is 9.08. The Morgan fingerprint density at radius 3 is 2.40 bits per heavy atom. The number of carbonyl (C=O) groups excluding carboxylic acids is 1. The van der Waals surface area contributed by atoms with Gasteiger partial charge in [-0.25, -0.2) is 0 Å². The molecule has 0 radical (unpaired) electrons. The zero-order valence-corrected chi connectivity index (χ0v) is 12.4. The van der Waals surface area contributed by atoms with Gasteiger partial charge in [0, 0.05) is 36.8 Å². The van der Waals surface area contributed by atoms with Gasteiger partial charge in [-0.05, 0) is 12.1 Å². The summed E-state index contributed by atoms with van der Waals surface area (Å²) in [6.45, 7) is 2.15. The fraction of sp³-hybridized carbons (Fsp3) is 0.143. The third kappa shape index (κ3) is 3.71. The third-order valence-corrected chi connectivity index (χ3v) is 2.88. The number of rotatable bonds is 4. The van der Waals surface area contributed by atoms with Gasteiger partial charge >= 0.3 is 0 Å². The SMILES string of the molecule is Cc1cccc[n+]1CC(=O)c1ccc([N+](=O)[O-])cc1.[Br-]. The van der Waals surface area contributed by atoms with E-state index in [1.165, 1.54) is 24.3 Å². The summed E-state index contributed by atoms with van der Waals surface area (Å²) >= 11 is 0. The van der Waals surface area contributed by atoms with Crippen molar-refractivity contribution in [2.45, 2.75) is 13.5 Å². The molecule has 0 aliphatic carbocycles. The number of carbonyl (C=O) groups is 1. The summed E-state index contributed by atoms with van der Waals surface area (Å²) in [5.74, 6) is -0.0748. The average Bonchev–Trinajstić information content (AvgIpc) is 2.41. The van der Waals surface area contributed by atoms with Gasteiger partial charge in [-0.3, -0.25) is 14.9 Å². The standard InChI is InChI=1S/C14H13N2O3.BrH/c1-11-4-2-3-9-15(11)10-14(17)12-5-7-13(8-6-12)16(18)19;/h2-9H,10H2,1H3;1H/q+1;/p-1. The highest BCUT2D eigenvalue weighted by atomic mass is 79.9. The number of nitro benzene ring substituents is 1. The van der Waals surface area contributed by atoms with Crippen LogP contribution >= 0.6 is 0 Å². The summed E-state index contributed by atoms with van der Waals surface area (Å²) < 4.78 is 1.84. The van der Waals surface area contributed by atoms with Crippen LogP contribution in [0.4, 0.5) is 5.69 Å². The molecular formula is C14H13BrN2O3. The van der Waals surface area contributed by atoms with Crippen LogP contribution < -0.4 is 21.5 Å². The molecule has 0 aliphatic rings. The molecule has 2 aromatic rings. The first kappa shape index (κ1) is 16.0. The predicted molar refractivity (Wildman–Crippen MR) is 68.8 cm³/mol. The Hall–Kier alpha value is -2.08. The molecule has 0 unspecified atom stereocenters. The average molecular weight is 337 g/mol. The van der Waals surface area contributed by atoms with Crippen molar-refractivity contribution >= 4 is 11.5 Å². The fourth-order valence-electron chi connectivity index (χ4n) is 1.75. The maximum absolute atomic E-state index is 12.1. The van der Waals surface area contributed by atoms with Crippen molar-refractivity contribution in [2.24, 2.45) is 0 Å². The van der Waals surface area contributed by atoms with Gasteiger partial charge in [0.1, 0.15) is 0 Å². The van der Waals surface area contributed by atoms with Crippen LogP contribution in [0.3, 0.4) is 0 Å². The maximum Gasteiger partial charge on any atom is 0.269 e. The highest BCUT2D eigenvalue weighted by Gasteiger charge is 2.15. The number of aryl methyl sites for hydroxylation is 1. The van der Waals surface area contributed by atoms with Crippen molar-refractivity contribution in [3.8, 4) is 0 Å². The van der Waals surface area contributed by atoms with E-state index >= 15 is 0 Å². The number of hydrogen-bond acceptors (Lipinski definition) is 3. The van der Waals surface area contributed by atoms with E-state index in [-0.39, 0.29) is 35.0 Å². The lowest BCUT2D eigenvalue weighted by molar-refractivity contribution is -0.689. The molecule has 1 aromatic heterocycles. The molecular weight excluding hydrogens is 324 g/mol. The molecule has 0 spiro atoms. The highest BCUT2D eigenvalue weighted by molar-refractivity contribution is 5.95. The lowest BCUT2D eigenvalue weighted by atomic mass is 10.1. The van der Waals surface area contributed by atoms with Gasteiger partial charge in [-0.2, -0.15) is 4.57 Å². The van der Waals surface area contributed by atoms with Crippen molar-refractivity contribution in [2.75, 3.05) is 0 Å². The summed E-state index contributed by atoms with van der Waals surface area (Å²) in [7, 11) is 0. The Balaban J connectivity index is 0.00000200. The number of halogens is 1. The molecule has 2 rings (SSSR count). The minimum absolute atomic E-state index is 0. The van der Waals surface area contributed by atoms with Crippen LogP contribution in [0.25, 0.3) is 0 Å². The number of non-ortho nitro benzene ring substituents is 1. The van der Waals surface area contributed by atoms with Crippen molar-refractivity contribution < 1.29 is 31.3 Å². The van der Waals surface area contributed by atoms with E-state index < -0.39 is 4.92 Å². The lowest BCUT2D eigenvalue weighted by Gasteiger charge is -2.00. The molecule has 1 heterocycles. The number of nitro groups is 1. The predicted octanol–water partition coefficient (Wildman–Crippen LogP) is -0.922. The molecule has 0 saturated heterocycles. The summed E-state index contributed by atoms with van der Waals surface area (Å²) in [6, 6.07) is 11.3. The zero-order chi connectivity index (χ0) is 13.8. The van der Waals surface area contributed by atoms with E-state index in [2.05, 4.69) is 0 Å². The molecule has 1 aromatic carbocycles. The fourth-order valence-corrected chi connectivity index (χ4v) is 1.75. The summed E-state index contributed by atoms with van der Waals surface area (Å²) in [5.41, 5.74) is 1.44. The van der Waals surface area contributed by atoms with Crippen LogP contribution in [0.2, 0.25) is 0 Å². The highest BCUT2D eigenvalue weighted by Crippen LogP contribution is 2.12. The quantitative estimate of drug-likeness (QED) is 0.314. The number of nitrogens with zero attached hydrogens (tertiary/aromatic N) is 2. The molecule has 0 saturated carbocycles.